The van der Waals surface area contributed by atoms with Gasteiger partial charge in [0, 0.05) is 19.0 Å². The van der Waals surface area contributed by atoms with Gasteiger partial charge in [0.05, 0.1) is 24.6 Å². The summed E-state index contributed by atoms with van der Waals surface area (Å²) in [6.45, 7) is 1.88. The van der Waals surface area contributed by atoms with Gasteiger partial charge in [-0.2, -0.15) is 0 Å². The molecule has 2 aromatic rings. The van der Waals surface area contributed by atoms with Crippen LogP contribution in [0.2, 0.25) is 0 Å². The summed E-state index contributed by atoms with van der Waals surface area (Å²) in [5.74, 6) is -3.36. The molecule has 6 nitrogen and oxygen atoms in total. The van der Waals surface area contributed by atoms with Gasteiger partial charge in [-0.15, -0.1) is 0 Å². The van der Waals surface area contributed by atoms with E-state index in [2.05, 4.69) is 10.6 Å². The molecule has 0 aromatic heterocycles. The van der Waals surface area contributed by atoms with Crippen LogP contribution in [0.15, 0.2) is 48.5 Å². The van der Waals surface area contributed by atoms with Crippen LogP contribution in [0.3, 0.4) is 0 Å². The highest BCUT2D eigenvalue weighted by Crippen LogP contribution is 2.17. The second-order valence-corrected chi connectivity index (χ2v) is 6.17. The third-order valence-corrected chi connectivity index (χ3v) is 4.03. The first kappa shape index (κ1) is 22.0. The molecule has 1 atom stereocenters. The first-order valence-electron chi connectivity index (χ1n) is 9.14. The van der Waals surface area contributed by atoms with Crippen LogP contribution in [0, 0.1) is 11.6 Å². The summed E-state index contributed by atoms with van der Waals surface area (Å²) in [5, 5.41) is 5.15. The van der Waals surface area contributed by atoms with Crippen molar-refractivity contribution in [2.45, 2.75) is 25.8 Å². The smallest absolute Gasteiger partial charge is 0.308 e. The van der Waals surface area contributed by atoms with E-state index in [1.54, 1.807) is 31.2 Å². The monoisotopic (exact) mass is 404 g/mol. The molecule has 0 aliphatic carbocycles. The van der Waals surface area contributed by atoms with Gasteiger partial charge in [0.2, 0.25) is 5.91 Å². The molecular weight excluding hydrogens is 382 g/mol. The van der Waals surface area contributed by atoms with Gasteiger partial charge in [-0.1, -0.05) is 30.3 Å². The zero-order valence-electron chi connectivity index (χ0n) is 15.9. The number of ether oxygens (including phenoxy) is 1. The maximum absolute atomic E-state index is 13.6. The zero-order chi connectivity index (χ0) is 21.2. The molecule has 0 fully saturated rings. The van der Waals surface area contributed by atoms with Crippen molar-refractivity contribution < 1.29 is 27.9 Å². The molecule has 0 radical (unpaired) electrons. The molecule has 0 bridgehead atoms. The number of esters is 1. The van der Waals surface area contributed by atoms with Gasteiger partial charge in [-0.3, -0.25) is 14.4 Å². The quantitative estimate of drug-likeness (QED) is 0.630. The minimum absolute atomic E-state index is 0.0310. The van der Waals surface area contributed by atoms with E-state index in [9.17, 15) is 23.2 Å². The molecule has 29 heavy (non-hydrogen) atoms. The Labute approximate surface area is 167 Å². The van der Waals surface area contributed by atoms with Crippen LogP contribution >= 0.6 is 0 Å². The molecule has 0 heterocycles. The highest BCUT2D eigenvalue weighted by Gasteiger charge is 2.19. The molecule has 0 aliphatic heterocycles. The van der Waals surface area contributed by atoms with Gasteiger partial charge in [0.1, 0.15) is 11.6 Å². The zero-order valence-corrected chi connectivity index (χ0v) is 15.9. The van der Waals surface area contributed by atoms with Crippen molar-refractivity contribution in [3.8, 4) is 0 Å². The van der Waals surface area contributed by atoms with Gasteiger partial charge < -0.3 is 15.4 Å². The third-order valence-electron chi connectivity index (χ3n) is 4.03. The van der Waals surface area contributed by atoms with Crippen molar-refractivity contribution >= 4 is 17.8 Å². The lowest BCUT2D eigenvalue weighted by Crippen LogP contribution is -2.34. The highest BCUT2D eigenvalue weighted by atomic mass is 19.1. The Morgan fingerprint density at radius 3 is 2.45 bits per heavy atom. The van der Waals surface area contributed by atoms with Crippen LogP contribution in [0.5, 0.6) is 0 Å². The van der Waals surface area contributed by atoms with E-state index in [-0.39, 0.29) is 31.6 Å². The SMILES string of the molecule is CCOC(=O)CC(NC(=O)CCNC(=O)c1ccc(F)cc1F)c1ccccc1. The lowest BCUT2D eigenvalue weighted by Gasteiger charge is -2.18. The second kappa shape index (κ2) is 10.9. The van der Waals surface area contributed by atoms with Crippen molar-refractivity contribution in [1.82, 2.24) is 10.6 Å². The third kappa shape index (κ3) is 6.99. The van der Waals surface area contributed by atoms with Gasteiger partial charge in [0.25, 0.3) is 5.91 Å². The fourth-order valence-corrected chi connectivity index (χ4v) is 2.65. The van der Waals surface area contributed by atoms with Crippen LogP contribution in [0.4, 0.5) is 8.78 Å². The summed E-state index contributed by atoms with van der Waals surface area (Å²) in [6.07, 6.45) is -0.114. The van der Waals surface area contributed by atoms with E-state index in [0.29, 0.717) is 6.07 Å². The number of benzene rings is 2. The van der Waals surface area contributed by atoms with E-state index in [1.807, 2.05) is 6.07 Å². The molecule has 1 unspecified atom stereocenters. The van der Waals surface area contributed by atoms with E-state index in [1.165, 1.54) is 0 Å². The Hall–Kier alpha value is -3.29. The molecule has 154 valence electrons. The van der Waals surface area contributed by atoms with Gasteiger partial charge in [-0.25, -0.2) is 8.78 Å². The lowest BCUT2D eigenvalue weighted by atomic mass is 10.0. The Kier molecular flexibility index (Phi) is 8.27. The van der Waals surface area contributed by atoms with Gasteiger partial charge in [0.15, 0.2) is 0 Å². The Morgan fingerprint density at radius 2 is 1.79 bits per heavy atom. The van der Waals surface area contributed by atoms with Crippen LogP contribution in [-0.2, 0) is 14.3 Å². The molecule has 0 spiro atoms. The Balaban J connectivity index is 1.90. The van der Waals surface area contributed by atoms with Crippen LogP contribution in [0.25, 0.3) is 0 Å². The highest BCUT2D eigenvalue weighted by molar-refractivity contribution is 5.94. The largest absolute Gasteiger partial charge is 0.466 e. The topological polar surface area (TPSA) is 84.5 Å². The molecule has 8 heteroatoms. The summed E-state index contributed by atoms with van der Waals surface area (Å²) in [4.78, 5) is 36.0. The fourth-order valence-electron chi connectivity index (χ4n) is 2.65. The number of amides is 2. The number of carbonyl (C=O) groups is 3. The van der Waals surface area contributed by atoms with Crippen LogP contribution in [-0.4, -0.2) is 30.9 Å². The Bertz CT molecular complexity index is 859. The molecule has 0 aliphatic rings. The van der Waals surface area contributed by atoms with E-state index in [0.717, 1.165) is 17.7 Å². The van der Waals surface area contributed by atoms with Gasteiger partial charge >= 0.3 is 5.97 Å². The normalized spacial score (nSPS) is 11.4. The average Bonchev–Trinajstić information content (AvgIpc) is 2.68. The van der Waals surface area contributed by atoms with Crippen molar-refractivity contribution in [2.75, 3.05) is 13.2 Å². The first-order chi connectivity index (χ1) is 13.9. The summed E-state index contributed by atoms with van der Waals surface area (Å²) < 4.78 is 31.5. The molecular formula is C21H22F2N2O4. The standard InChI is InChI=1S/C21H22F2N2O4/c1-2-29-20(27)13-18(14-6-4-3-5-7-14)25-19(26)10-11-24-21(28)16-9-8-15(22)12-17(16)23/h3-9,12,18H,2,10-11,13H2,1H3,(H,24,28)(H,25,26). The predicted octanol–water partition coefficient (Wildman–Crippen LogP) is 2.90. The molecule has 0 saturated heterocycles. The predicted molar refractivity (Wildman–Crippen MR) is 102 cm³/mol. The van der Waals surface area contributed by atoms with E-state index >= 15 is 0 Å². The van der Waals surface area contributed by atoms with E-state index in [4.69, 9.17) is 4.74 Å². The second-order valence-electron chi connectivity index (χ2n) is 6.17. The number of hydrogen-bond acceptors (Lipinski definition) is 4. The van der Waals surface area contributed by atoms with Crippen molar-refractivity contribution in [3.63, 3.8) is 0 Å². The maximum atomic E-state index is 13.6. The Morgan fingerprint density at radius 1 is 1.07 bits per heavy atom. The molecule has 2 amide bonds. The molecule has 2 rings (SSSR count). The minimum atomic E-state index is -0.981. The summed E-state index contributed by atoms with van der Waals surface area (Å²) in [5.41, 5.74) is 0.433. The first-order valence-corrected chi connectivity index (χ1v) is 9.14. The number of carbonyl (C=O) groups excluding carboxylic acids is 3. The number of hydrogen-bond donors (Lipinski definition) is 2. The van der Waals surface area contributed by atoms with Gasteiger partial charge in [-0.05, 0) is 24.6 Å². The summed E-state index contributed by atoms with van der Waals surface area (Å²) in [6, 6.07) is 11.0. The molecule has 2 aromatic carbocycles. The van der Waals surface area contributed by atoms with Crippen molar-refractivity contribution in [1.29, 1.82) is 0 Å². The number of rotatable bonds is 9. The number of nitrogens with one attached hydrogen (secondary N) is 2. The van der Waals surface area contributed by atoms with Crippen molar-refractivity contribution in [3.05, 3.63) is 71.3 Å². The van der Waals surface area contributed by atoms with Crippen molar-refractivity contribution in [2.24, 2.45) is 0 Å². The number of halogens is 2. The maximum Gasteiger partial charge on any atom is 0.308 e. The summed E-state index contributed by atoms with van der Waals surface area (Å²) in [7, 11) is 0. The average molecular weight is 404 g/mol. The molecule has 0 saturated carbocycles. The summed E-state index contributed by atoms with van der Waals surface area (Å²) >= 11 is 0. The van der Waals surface area contributed by atoms with Crippen LogP contribution < -0.4 is 10.6 Å². The van der Waals surface area contributed by atoms with Crippen LogP contribution in [0.1, 0.15) is 41.7 Å². The lowest BCUT2D eigenvalue weighted by molar-refractivity contribution is -0.143. The molecule has 2 N–H and O–H groups in total. The minimum Gasteiger partial charge on any atom is -0.466 e. The van der Waals surface area contributed by atoms with E-state index < -0.39 is 35.5 Å². The fraction of sp³-hybridized carbons (Fsp3) is 0.286.